The molecule has 1 nitrogen and oxygen atoms in total. The van der Waals surface area contributed by atoms with Gasteiger partial charge in [0.05, 0.1) is 6.61 Å². The first-order chi connectivity index (χ1) is 9.08. The van der Waals surface area contributed by atoms with E-state index in [1.807, 2.05) is 18.2 Å². The van der Waals surface area contributed by atoms with Crippen molar-refractivity contribution in [3.63, 3.8) is 0 Å². The smallest absolute Gasteiger partial charge is 0.124 e. The second-order valence-corrected chi connectivity index (χ2v) is 5.93. The molecule has 19 heavy (non-hydrogen) atoms. The molecule has 1 N–H and O–H groups in total. The Morgan fingerprint density at radius 1 is 1.05 bits per heavy atom. The van der Waals surface area contributed by atoms with Crippen LogP contribution in [0, 0.1) is 5.82 Å². The molecule has 2 aromatic rings. The highest BCUT2D eigenvalue weighted by Crippen LogP contribution is 2.30. The van der Waals surface area contributed by atoms with Gasteiger partial charge in [0.25, 0.3) is 0 Å². The standard InChI is InChI=1S/C16H17FOS/c1-11(2)13-3-5-15(6-4-13)19-16-8-12(10-18)7-14(17)9-16/h3-9,11,18H,10H2,1-2H3. The summed E-state index contributed by atoms with van der Waals surface area (Å²) < 4.78 is 13.4. The Morgan fingerprint density at radius 2 is 1.74 bits per heavy atom. The Hall–Kier alpha value is -1.32. The quantitative estimate of drug-likeness (QED) is 0.881. The van der Waals surface area contributed by atoms with Gasteiger partial charge in [-0.15, -0.1) is 0 Å². The van der Waals surface area contributed by atoms with Crippen LogP contribution in [0.15, 0.2) is 52.3 Å². The van der Waals surface area contributed by atoms with Crippen LogP contribution < -0.4 is 0 Å². The number of aliphatic hydroxyl groups is 1. The van der Waals surface area contributed by atoms with Gasteiger partial charge in [-0.2, -0.15) is 0 Å². The first-order valence-corrected chi connectivity index (χ1v) is 7.08. The molecule has 0 saturated heterocycles. The minimum atomic E-state index is -0.312. The second kappa shape index (κ2) is 6.22. The molecule has 0 fully saturated rings. The SMILES string of the molecule is CC(C)c1ccc(Sc2cc(F)cc(CO)c2)cc1. The van der Waals surface area contributed by atoms with Gasteiger partial charge in [0.15, 0.2) is 0 Å². The lowest BCUT2D eigenvalue weighted by Crippen LogP contribution is -1.88. The van der Waals surface area contributed by atoms with Crippen molar-refractivity contribution in [2.75, 3.05) is 0 Å². The molecular formula is C16H17FOS. The number of hydrogen-bond donors (Lipinski definition) is 1. The molecule has 0 heterocycles. The van der Waals surface area contributed by atoms with E-state index in [4.69, 9.17) is 5.11 Å². The molecule has 0 aliphatic heterocycles. The highest BCUT2D eigenvalue weighted by atomic mass is 32.2. The first kappa shape index (κ1) is 14.1. The summed E-state index contributed by atoms with van der Waals surface area (Å²) in [6, 6.07) is 12.9. The number of rotatable bonds is 4. The molecule has 0 amide bonds. The van der Waals surface area contributed by atoms with Crippen molar-refractivity contribution in [3.05, 3.63) is 59.4 Å². The van der Waals surface area contributed by atoms with Gasteiger partial charge in [-0.05, 0) is 47.4 Å². The summed E-state index contributed by atoms with van der Waals surface area (Å²) in [4.78, 5) is 1.88. The minimum Gasteiger partial charge on any atom is -0.392 e. The average molecular weight is 276 g/mol. The zero-order valence-corrected chi connectivity index (χ0v) is 11.9. The number of benzene rings is 2. The van der Waals surface area contributed by atoms with E-state index in [0.29, 0.717) is 11.5 Å². The number of halogens is 1. The Morgan fingerprint density at radius 3 is 2.32 bits per heavy atom. The summed E-state index contributed by atoms with van der Waals surface area (Å²) in [5, 5.41) is 9.07. The zero-order valence-electron chi connectivity index (χ0n) is 11.1. The molecule has 2 aromatic carbocycles. The lowest BCUT2D eigenvalue weighted by atomic mass is 10.0. The first-order valence-electron chi connectivity index (χ1n) is 6.26. The van der Waals surface area contributed by atoms with E-state index >= 15 is 0 Å². The van der Waals surface area contributed by atoms with Crippen molar-refractivity contribution >= 4 is 11.8 Å². The van der Waals surface area contributed by atoms with Crippen LogP contribution in [-0.2, 0) is 6.61 Å². The van der Waals surface area contributed by atoms with Crippen LogP contribution in [-0.4, -0.2) is 5.11 Å². The summed E-state index contributed by atoms with van der Waals surface area (Å²) in [6.45, 7) is 4.17. The highest BCUT2D eigenvalue weighted by Gasteiger charge is 2.04. The highest BCUT2D eigenvalue weighted by molar-refractivity contribution is 7.99. The van der Waals surface area contributed by atoms with Gasteiger partial charge in [-0.1, -0.05) is 37.7 Å². The molecule has 2 rings (SSSR count). The molecule has 0 aliphatic carbocycles. The molecule has 0 atom stereocenters. The van der Waals surface area contributed by atoms with Crippen LogP contribution in [0.1, 0.15) is 30.9 Å². The minimum absolute atomic E-state index is 0.141. The topological polar surface area (TPSA) is 20.2 Å². The van der Waals surface area contributed by atoms with Gasteiger partial charge in [0.1, 0.15) is 5.82 Å². The summed E-state index contributed by atoms with van der Waals surface area (Å²) in [6.07, 6.45) is 0. The molecule has 0 bridgehead atoms. The van der Waals surface area contributed by atoms with Gasteiger partial charge >= 0.3 is 0 Å². The second-order valence-electron chi connectivity index (χ2n) is 4.78. The normalized spacial score (nSPS) is 11.0. The maximum absolute atomic E-state index is 13.4. The maximum Gasteiger partial charge on any atom is 0.124 e. The van der Waals surface area contributed by atoms with Crippen molar-refractivity contribution in [3.8, 4) is 0 Å². The third-order valence-electron chi connectivity index (χ3n) is 2.90. The zero-order chi connectivity index (χ0) is 13.8. The third-order valence-corrected chi connectivity index (χ3v) is 3.88. The Balaban J connectivity index is 2.18. The molecule has 0 spiro atoms. The van der Waals surface area contributed by atoms with Crippen LogP contribution >= 0.6 is 11.8 Å². The van der Waals surface area contributed by atoms with E-state index < -0.39 is 0 Å². The fraction of sp³-hybridized carbons (Fsp3) is 0.250. The molecule has 100 valence electrons. The van der Waals surface area contributed by atoms with Crippen LogP contribution in [0.5, 0.6) is 0 Å². The lowest BCUT2D eigenvalue weighted by molar-refractivity contribution is 0.281. The molecule has 0 unspecified atom stereocenters. The van der Waals surface area contributed by atoms with Crippen LogP contribution in [0.2, 0.25) is 0 Å². The number of hydrogen-bond acceptors (Lipinski definition) is 2. The molecule has 0 radical (unpaired) electrons. The van der Waals surface area contributed by atoms with Crippen LogP contribution in [0.25, 0.3) is 0 Å². The number of aliphatic hydroxyl groups excluding tert-OH is 1. The van der Waals surface area contributed by atoms with Crippen molar-refractivity contribution in [2.24, 2.45) is 0 Å². The summed E-state index contributed by atoms with van der Waals surface area (Å²) in [5.41, 5.74) is 1.89. The van der Waals surface area contributed by atoms with Crippen molar-refractivity contribution < 1.29 is 9.50 Å². The van der Waals surface area contributed by atoms with E-state index in [1.54, 1.807) is 0 Å². The average Bonchev–Trinajstić information content (AvgIpc) is 2.38. The fourth-order valence-corrected chi connectivity index (χ4v) is 2.75. The lowest BCUT2D eigenvalue weighted by Gasteiger charge is -2.07. The summed E-state index contributed by atoms with van der Waals surface area (Å²) in [5.74, 6) is 0.196. The largest absolute Gasteiger partial charge is 0.392 e. The van der Waals surface area contributed by atoms with E-state index in [9.17, 15) is 4.39 Å². The van der Waals surface area contributed by atoms with Crippen molar-refractivity contribution in [1.82, 2.24) is 0 Å². The molecule has 0 aliphatic rings. The Bertz CT molecular complexity index is 549. The molecule has 0 saturated carbocycles. The van der Waals surface area contributed by atoms with E-state index in [0.717, 1.165) is 9.79 Å². The van der Waals surface area contributed by atoms with E-state index in [-0.39, 0.29) is 12.4 Å². The van der Waals surface area contributed by atoms with Crippen molar-refractivity contribution in [1.29, 1.82) is 0 Å². The monoisotopic (exact) mass is 276 g/mol. The predicted molar refractivity (Wildman–Crippen MR) is 77.0 cm³/mol. The van der Waals surface area contributed by atoms with Gasteiger partial charge < -0.3 is 5.11 Å². The van der Waals surface area contributed by atoms with Gasteiger partial charge in [-0.3, -0.25) is 0 Å². The van der Waals surface area contributed by atoms with E-state index in [2.05, 4.69) is 26.0 Å². The third kappa shape index (κ3) is 3.82. The van der Waals surface area contributed by atoms with Crippen LogP contribution in [0.3, 0.4) is 0 Å². The summed E-state index contributed by atoms with van der Waals surface area (Å²) in [7, 11) is 0. The van der Waals surface area contributed by atoms with Gasteiger partial charge in [0, 0.05) is 9.79 Å². The molecule has 0 aromatic heterocycles. The predicted octanol–water partition coefficient (Wildman–Crippen LogP) is 4.59. The maximum atomic E-state index is 13.4. The Labute approximate surface area is 117 Å². The Kier molecular flexibility index (Phi) is 4.61. The fourth-order valence-electron chi connectivity index (χ4n) is 1.83. The van der Waals surface area contributed by atoms with Crippen molar-refractivity contribution in [2.45, 2.75) is 36.2 Å². The van der Waals surface area contributed by atoms with Crippen LogP contribution in [0.4, 0.5) is 4.39 Å². The summed E-state index contributed by atoms with van der Waals surface area (Å²) >= 11 is 1.50. The van der Waals surface area contributed by atoms with Gasteiger partial charge in [-0.25, -0.2) is 4.39 Å². The van der Waals surface area contributed by atoms with Gasteiger partial charge in [0.2, 0.25) is 0 Å². The van der Waals surface area contributed by atoms with E-state index in [1.165, 1.54) is 29.5 Å². The molecule has 3 heteroatoms. The molecular weight excluding hydrogens is 259 g/mol.